The minimum atomic E-state index is -0.711. The molecule has 5 heteroatoms. The molecule has 0 atom stereocenters. The average molecular weight is 246 g/mol. The molecule has 1 N–H and O–H groups in total. The molecule has 0 radical (unpaired) electrons. The van der Waals surface area contributed by atoms with Crippen LogP contribution in [0.1, 0.15) is 31.4 Å². The number of rotatable bonds is 1. The summed E-state index contributed by atoms with van der Waals surface area (Å²) in [4.78, 5) is 0. The van der Waals surface area contributed by atoms with E-state index in [2.05, 4.69) is 26.2 Å². The van der Waals surface area contributed by atoms with Crippen molar-refractivity contribution in [1.82, 2.24) is 15.0 Å². The Balaban J connectivity index is 2.43. The predicted octanol–water partition coefficient (Wildman–Crippen LogP) is 1.34. The van der Waals surface area contributed by atoms with Crippen LogP contribution in [0, 0.1) is 0 Å². The number of hydrogen-bond donors (Lipinski definition) is 1. The van der Waals surface area contributed by atoms with Crippen LogP contribution >= 0.6 is 15.9 Å². The van der Waals surface area contributed by atoms with Crippen LogP contribution < -0.4 is 0 Å². The van der Waals surface area contributed by atoms with E-state index in [9.17, 15) is 5.11 Å². The van der Waals surface area contributed by atoms with E-state index in [-0.39, 0.29) is 0 Å². The molecule has 0 aliphatic heterocycles. The highest BCUT2D eigenvalue weighted by molar-refractivity contribution is 9.10. The maximum absolute atomic E-state index is 10.3. The molecule has 1 aromatic rings. The first-order chi connectivity index (χ1) is 6.13. The van der Waals surface area contributed by atoms with Gasteiger partial charge in [0.25, 0.3) is 0 Å². The van der Waals surface area contributed by atoms with Gasteiger partial charge in [-0.15, -0.1) is 5.10 Å². The van der Waals surface area contributed by atoms with Gasteiger partial charge in [-0.3, -0.25) is 0 Å². The first-order valence-electron chi connectivity index (χ1n) is 4.41. The van der Waals surface area contributed by atoms with Gasteiger partial charge in [0, 0.05) is 7.05 Å². The lowest BCUT2D eigenvalue weighted by atomic mass is 9.99. The average Bonchev–Trinajstić information content (AvgIpc) is 2.60. The number of hydrogen-bond acceptors (Lipinski definition) is 3. The summed E-state index contributed by atoms with van der Waals surface area (Å²) in [6.07, 6.45) is 3.78. The summed E-state index contributed by atoms with van der Waals surface area (Å²) in [6.45, 7) is 0. The maximum atomic E-state index is 10.3. The molecule has 0 spiro atoms. The Morgan fingerprint density at radius 2 is 2.08 bits per heavy atom. The second-order valence-electron chi connectivity index (χ2n) is 3.59. The second kappa shape index (κ2) is 3.06. The lowest BCUT2D eigenvalue weighted by Crippen LogP contribution is -2.25. The highest BCUT2D eigenvalue weighted by Crippen LogP contribution is 2.40. The Bertz CT molecular complexity index is 298. The molecule has 1 aliphatic carbocycles. The van der Waals surface area contributed by atoms with Gasteiger partial charge >= 0.3 is 0 Å². The Labute approximate surface area is 85.1 Å². The molecule has 2 rings (SSSR count). The fourth-order valence-corrected chi connectivity index (χ4v) is 2.72. The number of nitrogens with zero attached hydrogens (tertiary/aromatic N) is 3. The van der Waals surface area contributed by atoms with Crippen molar-refractivity contribution in [3.05, 3.63) is 10.3 Å². The van der Waals surface area contributed by atoms with E-state index in [0.29, 0.717) is 4.60 Å². The van der Waals surface area contributed by atoms with Crippen molar-refractivity contribution in [1.29, 1.82) is 0 Å². The fourth-order valence-electron chi connectivity index (χ4n) is 2.02. The lowest BCUT2D eigenvalue weighted by Gasteiger charge is -2.21. The van der Waals surface area contributed by atoms with Crippen molar-refractivity contribution in [3.63, 3.8) is 0 Å². The van der Waals surface area contributed by atoms with E-state index >= 15 is 0 Å². The number of aromatic nitrogens is 3. The van der Waals surface area contributed by atoms with Crippen LogP contribution in [0.2, 0.25) is 0 Å². The first-order valence-corrected chi connectivity index (χ1v) is 5.21. The summed E-state index contributed by atoms with van der Waals surface area (Å²) in [7, 11) is 1.81. The van der Waals surface area contributed by atoms with E-state index in [1.165, 1.54) is 0 Å². The van der Waals surface area contributed by atoms with Gasteiger partial charge in [0.05, 0.1) is 0 Å². The van der Waals surface area contributed by atoms with Crippen molar-refractivity contribution in [3.8, 4) is 0 Å². The molecule has 72 valence electrons. The molecule has 0 aromatic carbocycles. The van der Waals surface area contributed by atoms with Crippen molar-refractivity contribution >= 4 is 15.9 Å². The Morgan fingerprint density at radius 3 is 2.54 bits per heavy atom. The zero-order chi connectivity index (χ0) is 9.47. The summed E-state index contributed by atoms with van der Waals surface area (Å²) in [5.41, 5.74) is 0.0990. The summed E-state index contributed by atoms with van der Waals surface area (Å²) >= 11 is 3.31. The molecule has 1 aliphatic rings. The normalized spacial score (nSPS) is 20.8. The smallest absolute Gasteiger partial charge is 0.154 e. The molecule has 1 fully saturated rings. The monoisotopic (exact) mass is 245 g/mol. The molecule has 4 nitrogen and oxygen atoms in total. The lowest BCUT2D eigenvalue weighted by molar-refractivity contribution is 0.0353. The van der Waals surface area contributed by atoms with Crippen LogP contribution in [0.15, 0.2) is 4.60 Å². The molecule has 1 aromatic heterocycles. The quantitative estimate of drug-likeness (QED) is 0.813. The van der Waals surface area contributed by atoms with E-state index in [0.717, 1.165) is 31.4 Å². The maximum Gasteiger partial charge on any atom is 0.154 e. The highest BCUT2D eigenvalue weighted by atomic mass is 79.9. The number of halogens is 1. The molecular weight excluding hydrogens is 234 g/mol. The summed E-state index contributed by atoms with van der Waals surface area (Å²) in [5, 5.41) is 18.0. The highest BCUT2D eigenvalue weighted by Gasteiger charge is 2.38. The standard InChI is InChI=1S/C8H12BrN3O/c1-12-6(7(9)10-11-12)8(13)4-2-3-5-8/h13H,2-5H2,1H3. The SMILES string of the molecule is Cn1nnc(Br)c1C1(O)CCCC1. The second-order valence-corrected chi connectivity index (χ2v) is 4.34. The van der Waals surface area contributed by atoms with Crippen LogP contribution in [-0.2, 0) is 12.6 Å². The molecule has 13 heavy (non-hydrogen) atoms. The summed E-state index contributed by atoms with van der Waals surface area (Å²) in [5.74, 6) is 0. The van der Waals surface area contributed by atoms with E-state index in [4.69, 9.17) is 0 Å². The third-order valence-electron chi connectivity index (χ3n) is 2.66. The van der Waals surface area contributed by atoms with Gasteiger partial charge in [-0.05, 0) is 28.8 Å². The molecule has 0 amide bonds. The van der Waals surface area contributed by atoms with Gasteiger partial charge in [-0.25, -0.2) is 4.68 Å². The van der Waals surface area contributed by atoms with Gasteiger partial charge in [-0.2, -0.15) is 0 Å². The zero-order valence-electron chi connectivity index (χ0n) is 7.50. The minimum Gasteiger partial charge on any atom is -0.383 e. The van der Waals surface area contributed by atoms with Crippen LogP contribution in [0.4, 0.5) is 0 Å². The van der Waals surface area contributed by atoms with Crippen LogP contribution in [0.5, 0.6) is 0 Å². The zero-order valence-corrected chi connectivity index (χ0v) is 9.08. The van der Waals surface area contributed by atoms with Crippen molar-refractivity contribution in [2.45, 2.75) is 31.3 Å². The van der Waals surface area contributed by atoms with Gasteiger partial charge in [0.1, 0.15) is 11.3 Å². The van der Waals surface area contributed by atoms with Crippen LogP contribution in [0.25, 0.3) is 0 Å². The van der Waals surface area contributed by atoms with Crippen LogP contribution in [-0.4, -0.2) is 20.1 Å². The van der Waals surface area contributed by atoms with Gasteiger partial charge < -0.3 is 5.11 Å². The third kappa shape index (κ3) is 1.40. The number of aryl methyl sites for hydroxylation is 1. The van der Waals surface area contributed by atoms with Gasteiger partial charge in [0.15, 0.2) is 4.60 Å². The van der Waals surface area contributed by atoms with Crippen LogP contribution in [0.3, 0.4) is 0 Å². The summed E-state index contributed by atoms with van der Waals surface area (Å²) < 4.78 is 2.31. The van der Waals surface area contributed by atoms with E-state index in [1.807, 2.05) is 7.05 Å². The van der Waals surface area contributed by atoms with Crippen molar-refractivity contribution < 1.29 is 5.11 Å². The van der Waals surface area contributed by atoms with Gasteiger partial charge in [0.2, 0.25) is 0 Å². The first kappa shape index (κ1) is 9.15. The molecule has 0 unspecified atom stereocenters. The summed E-state index contributed by atoms with van der Waals surface area (Å²) in [6, 6.07) is 0. The Kier molecular flexibility index (Phi) is 2.15. The Morgan fingerprint density at radius 1 is 1.46 bits per heavy atom. The topological polar surface area (TPSA) is 50.9 Å². The van der Waals surface area contributed by atoms with E-state index < -0.39 is 5.60 Å². The predicted molar refractivity (Wildman–Crippen MR) is 51.1 cm³/mol. The molecule has 1 heterocycles. The molecule has 0 saturated heterocycles. The minimum absolute atomic E-state index is 0.666. The fraction of sp³-hybridized carbons (Fsp3) is 0.750. The van der Waals surface area contributed by atoms with E-state index in [1.54, 1.807) is 4.68 Å². The molecule has 0 bridgehead atoms. The third-order valence-corrected chi connectivity index (χ3v) is 3.19. The molecular formula is C8H12BrN3O. The van der Waals surface area contributed by atoms with Crippen molar-refractivity contribution in [2.75, 3.05) is 0 Å². The number of aliphatic hydroxyl groups is 1. The van der Waals surface area contributed by atoms with Gasteiger partial charge in [-0.1, -0.05) is 18.1 Å². The Hall–Kier alpha value is -0.420. The van der Waals surface area contributed by atoms with Crippen molar-refractivity contribution in [2.24, 2.45) is 7.05 Å². The molecule has 1 saturated carbocycles. The largest absolute Gasteiger partial charge is 0.383 e.